The van der Waals surface area contributed by atoms with Crippen molar-refractivity contribution in [1.29, 1.82) is 0 Å². The number of amides is 1. The van der Waals surface area contributed by atoms with Crippen molar-refractivity contribution < 1.29 is 64.6 Å². The summed E-state index contributed by atoms with van der Waals surface area (Å²) in [4.78, 5) is 13.3. The second-order valence-corrected chi connectivity index (χ2v) is 25.7. The maximum Gasteiger partial charge on any atom is 0.220 e. The van der Waals surface area contributed by atoms with Gasteiger partial charge in [-0.1, -0.05) is 322 Å². The highest BCUT2D eigenvalue weighted by atomic mass is 16.7. The molecule has 14 heteroatoms. The topological polar surface area (TPSA) is 228 Å². The first-order valence-electron chi connectivity index (χ1n) is 35.8. The summed E-state index contributed by atoms with van der Waals surface area (Å²) in [7, 11) is 0. The third-order valence-corrected chi connectivity index (χ3v) is 18.1. The smallest absolute Gasteiger partial charge is 0.220 e. The molecule has 0 spiro atoms. The molecule has 9 N–H and O–H groups in total. The van der Waals surface area contributed by atoms with Gasteiger partial charge in [-0.2, -0.15) is 0 Å². The molecule has 2 aliphatic heterocycles. The average molecular weight is 1190 g/mol. The highest BCUT2D eigenvalue weighted by Gasteiger charge is 2.51. The molecule has 12 atom stereocenters. The van der Waals surface area contributed by atoms with E-state index in [0.29, 0.717) is 12.8 Å². The highest BCUT2D eigenvalue weighted by Crippen LogP contribution is 2.30. The number of hydrogen-bond acceptors (Lipinski definition) is 13. The van der Waals surface area contributed by atoms with Crippen LogP contribution in [0.2, 0.25) is 0 Å². The Labute approximate surface area is 508 Å². The number of rotatable bonds is 60. The summed E-state index contributed by atoms with van der Waals surface area (Å²) in [6.07, 6.45) is 49.1. The Morgan fingerprint density at radius 2 is 0.687 bits per heavy atom. The van der Waals surface area contributed by atoms with Crippen LogP contribution < -0.4 is 5.32 Å². The fourth-order valence-corrected chi connectivity index (χ4v) is 12.4. The number of carbonyl (C=O) groups is 1. The summed E-state index contributed by atoms with van der Waals surface area (Å²) in [5.74, 6) is -0.201. The van der Waals surface area contributed by atoms with Crippen LogP contribution >= 0.6 is 0 Å². The van der Waals surface area contributed by atoms with E-state index < -0.39 is 86.8 Å². The van der Waals surface area contributed by atoms with Gasteiger partial charge in [0.2, 0.25) is 5.91 Å². The summed E-state index contributed by atoms with van der Waals surface area (Å²) in [6, 6.07) is -0.822. The van der Waals surface area contributed by atoms with Crippen molar-refractivity contribution in [2.45, 2.75) is 415 Å². The van der Waals surface area contributed by atoms with E-state index in [4.69, 9.17) is 18.9 Å². The van der Waals surface area contributed by atoms with Gasteiger partial charge in [-0.3, -0.25) is 4.79 Å². The summed E-state index contributed by atoms with van der Waals surface area (Å²) in [5, 5.41) is 87.1. The quantitative estimate of drug-likeness (QED) is 0.0259. The van der Waals surface area contributed by atoms with Crippen LogP contribution in [-0.2, 0) is 23.7 Å². The number of aliphatic hydroxyl groups is 8. The fraction of sp³-hybridized carbons (Fsp3) is 0.986. The molecule has 83 heavy (non-hydrogen) atoms. The second-order valence-electron chi connectivity index (χ2n) is 25.7. The highest BCUT2D eigenvalue weighted by molar-refractivity contribution is 5.76. The van der Waals surface area contributed by atoms with Gasteiger partial charge < -0.3 is 65.1 Å². The number of hydrogen-bond donors (Lipinski definition) is 9. The largest absolute Gasteiger partial charge is 0.394 e. The van der Waals surface area contributed by atoms with E-state index in [-0.39, 0.29) is 12.5 Å². The molecule has 0 radical (unpaired) electrons. The van der Waals surface area contributed by atoms with Crippen molar-refractivity contribution in [3.63, 3.8) is 0 Å². The zero-order valence-corrected chi connectivity index (χ0v) is 53.7. The summed E-state index contributed by atoms with van der Waals surface area (Å²) < 4.78 is 22.8. The molecular formula is C69H135NO13. The first-order chi connectivity index (χ1) is 40.6. The van der Waals surface area contributed by atoms with Crippen molar-refractivity contribution >= 4 is 5.91 Å². The van der Waals surface area contributed by atoms with E-state index in [9.17, 15) is 45.6 Å². The van der Waals surface area contributed by atoms with Gasteiger partial charge in [0.05, 0.1) is 32.0 Å². The first-order valence-corrected chi connectivity index (χ1v) is 35.8. The minimum atomic E-state index is -1.78. The maximum atomic E-state index is 13.3. The predicted molar refractivity (Wildman–Crippen MR) is 337 cm³/mol. The van der Waals surface area contributed by atoms with Gasteiger partial charge in [-0.15, -0.1) is 0 Å². The molecule has 2 rings (SSSR count). The number of unbranched alkanes of at least 4 members (excludes halogenated alkanes) is 47. The number of carbonyl (C=O) groups excluding carboxylic acids is 1. The van der Waals surface area contributed by atoms with Crippen LogP contribution in [0.15, 0.2) is 0 Å². The Morgan fingerprint density at radius 1 is 0.386 bits per heavy atom. The minimum absolute atomic E-state index is 0.201. The van der Waals surface area contributed by atoms with Crippen molar-refractivity contribution in [3.05, 3.63) is 0 Å². The lowest BCUT2D eigenvalue weighted by Crippen LogP contribution is -2.65. The van der Waals surface area contributed by atoms with E-state index in [0.717, 1.165) is 51.4 Å². The Hall–Kier alpha value is -1.01. The third-order valence-electron chi connectivity index (χ3n) is 18.1. The molecule has 12 unspecified atom stereocenters. The van der Waals surface area contributed by atoms with E-state index in [2.05, 4.69) is 19.2 Å². The van der Waals surface area contributed by atoms with Gasteiger partial charge in [-0.05, 0) is 12.8 Å². The summed E-state index contributed by atoms with van der Waals surface area (Å²) in [5.41, 5.74) is 0. The fourth-order valence-electron chi connectivity index (χ4n) is 12.4. The molecule has 494 valence electrons. The Balaban J connectivity index is 1.48. The lowest BCUT2D eigenvalue weighted by atomic mass is 9.97. The molecule has 2 fully saturated rings. The SMILES string of the molecule is CCCCCCCCCCCCCCCCCCCCCCCCCCCCCCCCCCCCCCCCCCC(=O)NC(COC1OC(CO)C(OC2OC(CO)C(O)C(O)C2O)C(O)C1O)C(O)CCCCCCCCCCC. The van der Waals surface area contributed by atoms with E-state index in [1.165, 1.54) is 263 Å². The lowest BCUT2D eigenvalue weighted by molar-refractivity contribution is -0.359. The normalized spacial score (nSPS) is 23.7. The van der Waals surface area contributed by atoms with E-state index in [1.807, 2.05) is 0 Å². The molecule has 0 aliphatic carbocycles. The summed E-state index contributed by atoms with van der Waals surface area (Å²) in [6.45, 7) is 2.87. The number of nitrogens with one attached hydrogen (secondary N) is 1. The Bertz CT molecular complexity index is 1400. The molecule has 0 aromatic carbocycles. The zero-order chi connectivity index (χ0) is 60.2. The molecule has 1 amide bonds. The molecule has 0 aromatic rings. The van der Waals surface area contributed by atoms with Crippen LogP contribution in [-0.4, -0.2) is 140 Å². The monoisotopic (exact) mass is 1190 g/mol. The average Bonchev–Trinajstić information content (AvgIpc) is 3.55. The van der Waals surface area contributed by atoms with Crippen molar-refractivity contribution in [1.82, 2.24) is 5.32 Å². The molecule has 0 bridgehead atoms. The molecule has 2 saturated heterocycles. The predicted octanol–water partition coefficient (Wildman–Crippen LogP) is 14.4. The van der Waals surface area contributed by atoms with Crippen molar-refractivity contribution in [2.24, 2.45) is 0 Å². The molecule has 2 heterocycles. The zero-order valence-electron chi connectivity index (χ0n) is 53.7. The third kappa shape index (κ3) is 39.6. The van der Waals surface area contributed by atoms with Gasteiger partial charge in [0.15, 0.2) is 12.6 Å². The second kappa shape index (κ2) is 55.1. The summed E-state index contributed by atoms with van der Waals surface area (Å²) >= 11 is 0. The van der Waals surface area contributed by atoms with Gasteiger partial charge in [0.25, 0.3) is 0 Å². The maximum absolute atomic E-state index is 13.3. The number of aliphatic hydroxyl groups excluding tert-OH is 8. The van der Waals surface area contributed by atoms with Crippen LogP contribution in [0, 0.1) is 0 Å². The van der Waals surface area contributed by atoms with Crippen LogP contribution in [0.25, 0.3) is 0 Å². The molecular weight excluding hydrogens is 1050 g/mol. The van der Waals surface area contributed by atoms with Crippen molar-refractivity contribution in [3.8, 4) is 0 Å². The van der Waals surface area contributed by atoms with Crippen molar-refractivity contribution in [2.75, 3.05) is 19.8 Å². The molecule has 2 aliphatic rings. The van der Waals surface area contributed by atoms with Gasteiger partial charge in [0, 0.05) is 6.42 Å². The standard InChI is InChI=1S/C69H135NO13/c1-3-5-7-9-11-13-14-15-16-17-18-19-20-21-22-23-24-25-26-27-28-29-30-31-32-33-34-35-36-37-38-39-40-41-42-43-45-47-49-51-53-61(74)70-57(58(73)52-50-48-46-44-12-10-8-6-4-2)56-80-68-66(79)64(77)67(60(55-72)82-68)83-69-65(78)63(76)62(75)59(54-71)81-69/h57-60,62-69,71-73,75-79H,3-56H2,1-2H3,(H,70,74). The minimum Gasteiger partial charge on any atom is -0.394 e. The lowest BCUT2D eigenvalue weighted by Gasteiger charge is -2.46. The first kappa shape index (κ1) is 78.1. The van der Waals surface area contributed by atoms with Crippen LogP contribution in [0.5, 0.6) is 0 Å². The van der Waals surface area contributed by atoms with Crippen LogP contribution in [0.3, 0.4) is 0 Å². The van der Waals surface area contributed by atoms with Crippen LogP contribution in [0.4, 0.5) is 0 Å². The Kier molecular flexibility index (Phi) is 51.8. The molecule has 0 aromatic heterocycles. The van der Waals surface area contributed by atoms with Crippen LogP contribution in [0.1, 0.15) is 341 Å². The van der Waals surface area contributed by atoms with Gasteiger partial charge >= 0.3 is 0 Å². The van der Waals surface area contributed by atoms with E-state index >= 15 is 0 Å². The van der Waals surface area contributed by atoms with Gasteiger partial charge in [-0.25, -0.2) is 0 Å². The Morgan fingerprint density at radius 3 is 1.02 bits per heavy atom. The van der Waals surface area contributed by atoms with E-state index in [1.54, 1.807) is 0 Å². The number of ether oxygens (including phenoxy) is 4. The molecule has 0 saturated carbocycles. The van der Waals surface area contributed by atoms with Gasteiger partial charge in [0.1, 0.15) is 48.8 Å². The molecule has 14 nitrogen and oxygen atoms in total.